The smallest absolute Gasteiger partial charge is 0.246 e. The Morgan fingerprint density at radius 2 is 1.89 bits per heavy atom. The van der Waals surface area contributed by atoms with E-state index in [2.05, 4.69) is 4.98 Å². The van der Waals surface area contributed by atoms with Crippen molar-refractivity contribution < 1.29 is 22.0 Å². The minimum absolute atomic E-state index is 0.0214. The van der Waals surface area contributed by atoms with Crippen molar-refractivity contribution in [3.05, 3.63) is 83.2 Å². The molecule has 0 bridgehead atoms. The van der Waals surface area contributed by atoms with Gasteiger partial charge in [0, 0.05) is 31.4 Å². The highest BCUT2D eigenvalue weighted by atomic mass is 32.2. The average molecular weight is 557 g/mol. The first-order valence-electron chi connectivity index (χ1n) is 12.2. The van der Waals surface area contributed by atoms with E-state index >= 15 is 0 Å². The average Bonchev–Trinajstić information content (AvgIpc) is 3.36. The van der Waals surface area contributed by atoms with E-state index in [9.17, 15) is 22.0 Å². The number of aromatic nitrogens is 2. The molecule has 2 aromatic heterocycles. The standard InChI is InChI=1S/C27H26F2N4O3S2/c1-17-5-8-23-25(18(17)2)31-27(37-23)33(16-19-4-3-11-30-15-19)26(34)20-9-12-32(13-10-20)38(35,36)24-14-21(28)6-7-22(24)29/h3-8,11,14-15,20H,9-10,12-13,16H2,1-2H3. The SMILES string of the molecule is Cc1ccc2sc(N(Cc3cccnc3)C(=O)C3CCN(S(=O)(=O)c4cc(F)ccc4F)CC3)nc2c1C. The molecule has 0 atom stereocenters. The van der Waals surface area contributed by atoms with Crippen molar-refractivity contribution in [2.24, 2.45) is 5.92 Å². The third kappa shape index (κ3) is 5.05. The minimum Gasteiger partial charge on any atom is -0.283 e. The number of carbonyl (C=O) groups is 1. The molecule has 0 radical (unpaired) electrons. The van der Waals surface area contributed by atoms with Gasteiger partial charge in [0.15, 0.2) is 5.13 Å². The Morgan fingerprint density at radius 3 is 2.61 bits per heavy atom. The van der Waals surface area contributed by atoms with E-state index in [1.54, 1.807) is 23.4 Å². The molecular weight excluding hydrogens is 530 g/mol. The second-order valence-corrected chi connectivity index (χ2v) is 12.3. The molecule has 1 fully saturated rings. The minimum atomic E-state index is -4.24. The van der Waals surface area contributed by atoms with Gasteiger partial charge in [0.05, 0.1) is 16.8 Å². The van der Waals surface area contributed by atoms with Gasteiger partial charge in [-0.1, -0.05) is 23.5 Å². The molecule has 198 valence electrons. The van der Waals surface area contributed by atoms with Gasteiger partial charge < -0.3 is 0 Å². The van der Waals surface area contributed by atoms with Crippen molar-refractivity contribution in [2.45, 2.75) is 38.1 Å². The van der Waals surface area contributed by atoms with Gasteiger partial charge in [-0.15, -0.1) is 0 Å². The van der Waals surface area contributed by atoms with Gasteiger partial charge in [-0.05, 0) is 73.7 Å². The summed E-state index contributed by atoms with van der Waals surface area (Å²) in [5, 5.41) is 0.569. The van der Waals surface area contributed by atoms with E-state index in [4.69, 9.17) is 4.98 Å². The highest BCUT2D eigenvalue weighted by molar-refractivity contribution is 7.89. The Balaban J connectivity index is 1.40. The van der Waals surface area contributed by atoms with Crippen LogP contribution in [0.5, 0.6) is 0 Å². The van der Waals surface area contributed by atoms with E-state index in [1.165, 1.54) is 11.3 Å². The van der Waals surface area contributed by atoms with Crippen LogP contribution in [-0.4, -0.2) is 41.7 Å². The van der Waals surface area contributed by atoms with Crippen LogP contribution in [0, 0.1) is 31.4 Å². The molecule has 3 heterocycles. The van der Waals surface area contributed by atoms with E-state index in [0.29, 0.717) is 11.2 Å². The molecule has 1 aliphatic rings. The number of halogens is 2. The number of sulfonamides is 1. The maximum atomic E-state index is 14.2. The highest BCUT2D eigenvalue weighted by Gasteiger charge is 2.36. The predicted molar refractivity (Wildman–Crippen MR) is 142 cm³/mol. The normalized spacial score (nSPS) is 15.2. The molecule has 0 aliphatic carbocycles. The molecule has 11 heteroatoms. The summed E-state index contributed by atoms with van der Waals surface area (Å²) in [6, 6.07) is 10.1. The van der Waals surface area contributed by atoms with Crippen LogP contribution in [0.2, 0.25) is 0 Å². The maximum absolute atomic E-state index is 14.2. The zero-order valence-electron chi connectivity index (χ0n) is 20.9. The zero-order valence-corrected chi connectivity index (χ0v) is 22.5. The first-order valence-corrected chi connectivity index (χ1v) is 14.4. The van der Waals surface area contributed by atoms with Crippen molar-refractivity contribution >= 4 is 42.6 Å². The number of aryl methyl sites for hydroxylation is 2. The van der Waals surface area contributed by atoms with E-state index < -0.39 is 32.5 Å². The lowest BCUT2D eigenvalue weighted by Gasteiger charge is -2.33. The second-order valence-electron chi connectivity index (χ2n) is 9.39. The number of nitrogens with zero attached hydrogens (tertiary/aromatic N) is 4. The summed E-state index contributed by atoms with van der Waals surface area (Å²) in [4.78, 5) is 23.8. The second kappa shape index (κ2) is 10.5. The summed E-state index contributed by atoms with van der Waals surface area (Å²) in [5.41, 5.74) is 3.87. The maximum Gasteiger partial charge on any atom is 0.246 e. The molecule has 0 spiro atoms. The first kappa shape index (κ1) is 26.3. The van der Waals surface area contributed by atoms with Gasteiger partial charge in [-0.3, -0.25) is 14.7 Å². The summed E-state index contributed by atoms with van der Waals surface area (Å²) in [6.07, 6.45) is 3.87. The third-order valence-corrected chi connectivity index (χ3v) is 9.91. The van der Waals surface area contributed by atoms with Crippen LogP contribution < -0.4 is 4.90 Å². The summed E-state index contributed by atoms with van der Waals surface area (Å²) in [5.74, 6) is -2.45. The number of fused-ring (bicyclic) bond motifs is 1. The van der Waals surface area contributed by atoms with Crippen molar-refractivity contribution in [3.8, 4) is 0 Å². The van der Waals surface area contributed by atoms with E-state index in [1.807, 2.05) is 32.0 Å². The fraction of sp³-hybridized carbons (Fsp3) is 0.296. The molecule has 0 saturated carbocycles. The number of carbonyl (C=O) groups excluding carboxylic acids is 1. The van der Waals surface area contributed by atoms with Crippen LogP contribution in [0.25, 0.3) is 10.2 Å². The van der Waals surface area contributed by atoms with Gasteiger partial charge in [0.2, 0.25) is 15.9 Å². The van der Waals surface area contributed by atoms with Crippen LogP contribution >= 0.6 is 11.3 Å². The Hall–Kier alpha value is -3.28. The monoisotopic (exact) mass is 556 g/mol. The number of anilines is 1. The number of piperidine rings is 1. The Labute approximate surface area is 223 Å². The number of rotatable bonds is 6. The number of hydrogen-bond acceptors (Lipinski definition) is 6. The lowest BCUT2D eigenvalue weighted by molar-refractivity contribution is -0.123. The molecule has 2 aromatic carbocycles. The van der Waals surface area contributed by atoms with Crippen molar-refractivity contribution in [2.75, 3.05) is 18.0 Å². The fourth-order valence-electron chi connectivity index (χ4n) is 4.62. The largest absolute Gasteiger partial charge is 0.283 e. The quantitative estimate of drug-likeness (QED) is 0.325. The van der Waals surface area contributed by atoms with Gasteiger partial charge in [0.25, 0.3) is 0 Å². The Morgan fingerprint density at radius 1 is 1.13 bits per heavy atom. The molecule has 5 rings (SSSR count). The molecule has 0 N–H and O–H groups in total. The van der Waals surface area contributed by atoms with Crippen LogP contribution in [0.3, 0.4) is 0 Å². The number of amides is 1. The number of benzene rings is 2. The molecule has 4 aromatic rings. The van der Waals surface area contributed by atoms with Crippen LogP contribution in [-0.2, 0) is 21.4 Å². The lowest BCUT2D eigenvalue weighted by Crippen LogP contribution is -2.44. The van der Waals surface area contributed by atoms with Gasteiger partial charge in [-0.2, -0.15) is 4.31 Å². The van der Waals surface area contributed by atoms with Crippen LogP contribution in [0.4, 0.5) is 13.9 Å². The van der Waals surface area contributed by atoms with Gasteiger partial charge in [-0.25, -0.2) is 22.2 Å². The molecule has 1 amide bonds. The number of hydrogen-bond donors (Lipinski definition) is 0. The van der Waals surface area contributed by atoms with Crippen LogP contribution in [0.15, 0.2) is 59.8 Å². The number of pyridine rings is 1. The van der Waals surface area contributed by atoms with Gasteiger partial charge in [0.1, 0.15) is 16.5 Å². The Bertz CT molecular complexity index is 1600. The van der Waals surface area contributed by atoms with Crippen molar-refractivity contribution in [1.29, 1.82) is 0 Å². The summed E-state index contributed by atoms with van der Waals surface area (Å²) in [6.45, 7) is 4.34. The van der Waals surface area contributed by atoms with Crippen molar-refractivity contribution in [1.82, 2.24) is 14.3 Å². The molecule has 38 heavy (non-hydrogen) atoms. The van der Waals surface area contributed by atoms with E-state index in [0.717, 1.165) is 43.3 Å². The number of thiazole rings is 1. The van der Waals surface area contributed by atoms with Crippen LogP contribution in [0.1, 0.15) is 29.5 Å². The first-order chi connectivity index (χ1) is 18.1. The third-order valence-electron chi connectivity index (χ3n) is 6.95. The summed E-state index contributed by atoms with van der Waals surface area (Å²) >= 11 is 1.43. The molecule has 0 unspecified atom stereocenters. The highest BCUT2D eigenvalue weighted by Crippen LogP contribution is 2.35. The molecule has 1 aliphatic heterocycles. The zero-order chi connectivity index (χ0) is 27.0. The topological polar surface area (TPSA) is 83.5 Å². The molecular formula is C27H26F2N4O3S2. The molecule has 7 nitrogen and oxygen atoms in total. The van der Waals surface area contributed by atoms with Crippen molar-refractivity contribution in [3.63, 3.8) is 0 Å². The fourth-order valence-corrected chi connectivity index (χ4v) is 7.20. The summed E-state index contributed by atoms with van der Waals surface area (Å²) in [7, 11) is -4.24. The van der Waals surface area contributed by atoms with E-state index in [-0.39, 0.29) is 38.4 Å². The lowest BCUT2D eigenvalue weighted by atomic mass is 9.96. The summed E-state index contributed by atoms with van der Waals surface area (Å²) < 4.78 is 56.0. The molecule has 1 saturated heterocycles. The predicted octanol–water partition coefficient (Wildman–Crippen LogP) is 5.22. The van der Waals surface area contributed by atoms with Gasteiger partial charge >= 0.3 is 0 Å². The Kier molecular flexibility index (Phi) is 7.26.